The number of Topliss-reactive ketones (excluding diaryl/α,β-unsaturated/α-hetero) is 1. The van der Waals surface area contributed by atoms with Crippen molar-refractivity contribution in [1.82, 2.24) is 10.2 Å². The molecule has 1 aromatic rings. The molecule has 22 heavy (non-hydrogen) atoms. The Morgan fingerprint density at radius 1 is 1.41 bits per heavy atom. The van der Waals surface area contributed by atoms with Crippen molar-refractivity contribution in [3.05, 3.63) is 28.8 Å². The molecule has 0 amide bonds. The van der Waals surface area contributed by atoms with Crippen LogP contribution < -0.4 is 10.1 Å². The van der Waals surface area contributed by atoms with Crippen molar-refractivity contribution in [2.24, 2.45) is 5.92 Å². The molecule has 1 aliphatic heterocycles. The first kappa shape index (κ1) is 17.3. The van der Waals surface area contributed by atoms with E-state index >= 15 is 0 Å². The van der Waals surface area contributed by atoms with Gasteiger partial charge in [0.2, 0.25) is 0 Å². The molecule has 0 radical (unpaired) electrons. The van der Waals surface area contributed by atoms with E-state index in [9.17, 15) is 4.79 Å². The average molecular weight is 325 g/mol. The van der Waals surface area contributed by atoms with Crippen molar-refractivity contribution in [3.8, 4) is 5.75 Å². The number of ether oxygens (including phenoxy) is 1. The number of hydrogen-bond acceptors (Lipinski definition) is 4. The zero-order valence-corrected chi connectivity index (χ0v) is 14.2. The van der Waals surface area contributed by atoms with Crippen molar-refractivity contribution in [2.45, 2.75) is 20.3 Å². The molecule has 1 atom stereocenters. The monoisotopic (exact) mass is 324 g/mol. The fraction of sp³-hybridized carbons (Fsp3) is 0.588. The zero-order valence-electron chi connectivity index (χ0n) is 13.4. The van der Waals surface area contributed by atoms with Gasteiger partial charge in [0.15, 0.2) is 5.78 Å². The van der Waals surface area contributed by atoms with Gasteiger partial charge in [-0.1, -0.05) is 25.4 Å². The summed E-state index contributed by atoms with van der Waals surface area (Å²) in [7, 11) is 0. The van der Waals surface area contributed by atoms with Crippen molar-refractivity contribution in [3.63, 3.8) is 0 Å². The van der Waals surface area contributed by atoms with Gasteiger partial charge in [0, 0.05) is 43.7 Å². The lowest BCUT2D eigenvalue weighted by atomic mass is 9.97. The Morgan fingerprint density at radius 2 is 2.14 bits per heavy atom. The molecule has 5 heteroatoms. The van der Waals surface area contributed by atoms with Crippen LogP contribution in [-0.4, -0.2) is 50.0 Å². The molecule has 1 aromatic carbocycles. The normalized spacial score (nSPS) is 17.2. The third kappa shape index (κ3) is 4.70. The number of rotatable bonds is 7. The van der Waals surface area contributed by atoms with E-state index in [0.29, 0.717) is 22.9 Å². The Bertz CT molecular complexity index is 501. The van der Waals surface area contributed by atoms with Gasteiger partial charge in [0.25, 0.3) is 0 Å². The minimum Gasteiger partial charge on any atom is -0.493 e. The molecule has 0 bridgehead atoms. The summed E-state index contributed by atoms with van der Waals surface area (Å²) in [4.78, 5) is 15.1. The molecule has 122 valence electrons. The Kier molecular flexibility index (Phi) is 6.68. The number of carbonyl (C=O) groups is 1. The lowest BCUT2D eigenvalue weighted by Crippen LogP contribution is -2.45. The second-order valence-electron chi connectivity index (χ2n) is 5.80. The van der Waals surface area contributed by atoms with Crippen LogP contribution in [0.15, 0.2) is 18.2 Å². The molecule has 0 saturated carbocycles. The van der Waals surface area contributed by atoms with E-state index in [1.807, 2.05) is 13.8 Å². The van der Waals surface area contributed by atoms with E-state index in [1.54, 1.807) is 18.2 Å². The first-order valence-electron chi connectivity index (χ1n) is 8.01. The van der Waals surface area contributed by atoms with Gasteiger partial charge in [0.05, 0.1) is 12.2 Å². The number of nitrogens with one attached hydrogen (secondary N) is 1. The van der Waals surface area contributed by atoms with E-state index in [-0.39, 0.29) is 11.7 Å². The van der Waals surface area contributed by atoms with Crippen LogP contribution in [-0.2, 0) is 0 Å². The summed E-state index contributed by atoms with van der Waals surface area (Å²) >= 11 is 6.07. The van der Waals surface area contributed by atoms with Gasteiger partial charge in [-0.15, -0.1) is 0 Å². The van der Waals surface area contributed by atoms with Crippen LogP contribution in [0.4, 0.5) is 0 Å². The summed E-state index contributed by atoms with van der Waals surface area (Å²) in [5, 5.41) is 3.90. The largest absolute Gasteiger partial charge is 0.493 e. The van der Waals surface area contributed by atoms with Gasteiger partial charge >= 0.3 is 0 Å². The van der Waals surface area contributed by atoms with E-state index in [2.05, 4.69) is 10.2 Å². The number of hydrogen-bond donors (Lipinski definition) is 1. The zero-order chi connectivity index (χ0) is 15.9. The van der Waals surface area contributed by atoms with E-state index in [0.717, 1.165) is 39.1 Å². The molecule has 2 rings (SSSR count). The summed E-state index contributed by atoms with van der Waals surface area (Å²) in [5.41, 5.74) is 0.601. The molecular formula is C17H25ClN2O2. The molecule has 0 aromatic heterocycles. The third-order valence-corrected chi connectivity index (χ3v) is 4.09. The van der Waals surface area contributed by atoms with Crippen LogP contribution in [0, 0.1) is 5.92 Å². The van der Waals surface area contributed by atoms with Gasteiger partial charge in [0.1, 0.15) is 5.75 Å². The Morgan fingerprint density at radius 3 is 2.82 bits per heavy atom. The van der Waals surface area contributed by atoms with Crippen LogP contribution in [0.3, 0.4) is 0 Å². The molecular weight excluding hydrogens is 300 g/mol. The SMILES string of the molecule is CCCOc1ccc(Cl)cc1C(=O)C(C)CN1CCNCC1. The Balaban J connectivity index is 2.07. The minimum atomic E-state index is -0.0689. The highest BCUT2D eigenvalue weighted by atomic mass is 35.5. The van der Waals surface area contributed by atoms with Crippen LogP contribution in [0.5, 0.6) is 5.75 Å². The highest BCUT2D eigenvalue weighted by Crippen LogP contribution is 2.26. The van der Waals surface area contributed by atoms with E-state index in [4.69, 9.17) is 16.3 Å². The van der Waals surface area contributed by atoms with Crippen LogP contribution in [0.25, 0.3) is 0 Å². The van der Waals surface area contributed by atoms with Crippen molar-refractivity contribution in [2.75, 3.05) is 39.3 Å². The van der Waals surface area contributed by atoms with E-state index in [1.165, 1.54) is 0 Å². The first-order valence-corrected chi connectivity index (χ1v) is 8.39. The molecule has 1 unspecified atom stereocenters. The minimum absolute atomic E-state index is 0.0689. The molecule has 1 heterocycles. The molecule has 1 N–H and O–H groups in total. The topological polar surface area (TPSA) is 41.6 Å². The van der Waals surface area contributed by atoms with Gasteiger partial charge in [-0.3, -0.25) is 4.79 Å². The van der Waals surface area contributed by atoms with Gasteiger partial charge in [-0.25, -0.2) is 0 Å². The highest BCUT2D eigenvalue weighted by molar-refractivity contribution is 6.31. The van der Waals surface area contributed by atoms with Crippen molar-refractivity contribution < 1.29 is 9.53 Å². The average Bonchev–Trinajstić information content (AvgIpc) is 2.54. The third-order valence-electron chi connectivity index (χ3n) is 3.86. The maximum atomic E-state index is 12.8. The number of ketones is 1. The molecule has 0 spiro atoms. The highest BCUT2D eigenvalue weighted by Gasteiger charge is 2.22. The summed E-state index contributed by atoms with van der Waals surface area (Å²) in [5.74, 6) is 0.677. The summed E-state index contributed by atoms with van der Waals surface area (Å²) in [6.45, 7) is 9.37. The molecule has 1 aliphatic rings. The predicted molar refractivity (Wildman–Crippen MR) is 90.0 cm³/mol. The smallest absolute Gasteiger partial charge is 0.170 e. The standard InChI is InChI=1S/C17H25ClN2O2/c1-3-10-22-16-5-4-14(18)11-15(16)17(21)13(2)12-20-8-6-19-7-9-20/h4-5,11,13,19H,3,6-10,12H2,1-2H3. The fourth-order valence-electron chi connectivity index (χ4n) is 2.66. The summed E-state index contributed by atoms with van der Waals surface area (Å²) in [6, 6.07) is 5.29. The first-order chi connectivity index (χ1) is 10.6. The molecule has 0 aliphatic carbocycles. The van der Waals surface area contributed by atoms with Crippen LogP contribution in [0.2, 0.25) is 5.02 Å². The number of carbonyl (C=O) groups excluding carboxylic acids is 1. The molecule has 1 saturated heterocycles. The maximum Gasteiger partial charge on any atom is 0.170 e. The van der Waals surface area contributed by atoms with Gasteiger partial charge < -0.3 is 15.0 Å². The number of halogens is 1. The summed E-state index contributed by atoms with van der Waals surface area (Å²) < 4.78 is 5.70. The van der Waals surface area contributed by atoms with Gasteiger partial charge in [-0.05, 0) is 24.6 Å². The van der Waals surface area contributed by atoms with Gasteiger partial charge in [-0.2, -0.15) is 0 Å². The fourth-order valence-corrected chi connectivity index (χ4v) is 2.83. The quantitative estimate of drug-likeness (QED) is 0.783. The number of benzene rings is 1. The predicted octanol–water partition coefficient (Wildman–Crippen LogP) is 2.85. The van der Waals surface area contributed by atoms with Crippen molar-refractivity contribution >= 4 is 17.4 Å². The second kappa shape index (κ2) is 8.51. The molecule has 4 nitrogen and oxygen atoms in total. The maximum absolute atomic E-state index is 12.8. The lowest BCUT2D eigenvalue weighted by molar-refractivity contribution is 0.0883. The Labute approximate surface area is 137 Å². The van der Waals surface area contributed by atoms with Crippen molar-refractivity contribution in [1.29, 1.82) is 0 Å². The lowest BCUT2D eigenvalue weighted by Gasteiger charge is -2.29. The van der Waals surface area contributed by atoms with E-state index < -0.39 is 0 Å². The summed E-state index contributed by atoms with van der Waals surface area (Å²) in [6.07, 6.45) is 0.909. The van der Waals surface area contributed by atoms with Crippen LogP contribution in [0.1, 0.15) is 30.6 Å². The number of nitrogens with zero attached hydrogens (tertiary/aromatic N) is 1. The molecule has 1 fully saturated rings. The number of piperazine rings is 1. The Hall–Kier alpha value is -1.10. The van der Waals surface area contributed by atoms with Crippen LogP contribution >= 0.6 is 11.6 Å². The second-order valence-corrected chi connectivity index (χ2v) is 6.24.